The number of rotatable bonds is 5. The van der Waals surface area contributed by atoms with Crippen molar-refractivity contribution in [2.75, 3.05) is 0 Å². The van der Waals surface area contributed by atoms with Gasteiger partial charge in [-0.25, -0.2) is 14.6 Å². The zero-order valence-electron chi connectivity index (χ0n) is 14.1. The maximum atomic E-state index is 5.95. The van der Waals surface area contributed by atoms with Crippen molar-refractivity contribution in [2.45, 2.75) is 23.7 Å². The van der Waals surface area contributed by atoms with E-state index in [1.165, 1.54) is 5.56 Å². The molecule has 1 atom stereocenters. The Hall–Kier alpha value is -2.44. The Balaban J connectivity index is 1.61. The maximum absolute atomic E-state index is 5.95. The van der Waals surface area contributed by atoms with E-state index in [-0.39, 0.29) is 5.25 Å². The number of fused-ring (bicyclic) bond motifs is 1. The summed E-state index contributed by atoms with van der Waals surface area (Å²) in [4.78, 5) is 8.81. The van der Waals surface area contributed by atoms with Gasteiger partial charge in [0.2, 0.25) is 0 Å². The second-order valence-electron chi connectivity index (χ2n) is 5.90. The lowest BCUT2D eigenvalue weighted by Crippen LogP contribution is -2.03. The molecule has 0 unspecified atom stereocenters. The molecule has 0 N–H and O–H groups in total. The zero-order valence-corrected chi connectivity index (χ0v) is 15.7. The van der Waals surface area contributed by atoms with Crippen LogP contribution in [0, 0.1) is 0 Å². The van der Waals surface area contributed by atoms with Gasteiger partial charge in [-0.15, -0.1) is 5.10 Å². The Morgan fingerprint density at radius 1 is 1.04 bits per heavy atom. The Kier molecular flexibility index (Phi) is 4.86. The molecular weight excluding hydrogens is 366 g/mol. The number of aromatic nitrogens is 5. The number of halogens is 1. The summed E-state index contributed by atoms with van der Waals surface area (Å²) < 4.78 is 1.79. The zero-order chi connectivity index (χ0) is 17.9. The highest BCUT2D eigenvalue weighted by Gasteiger charge is 2.16. The largest absolute Gasteiger partial charge is 0.227 e. The molecule has 0 fully saturated rings. The number of hydrogen-bond donors (Lipinski definition) is 0. The molecule has 0 saturated heterocycles. The van der Waals surface area contributed by atoms with Gasteiger partial charge in [0, 0.05) is 10.3 Å². The van der Waals surface area contributed by atoms with E-state index in [9.17, 15) is 0 Å². The average Bonchev–Trinajstić information content (AvgIpc) is 3.08. The molecule has 0 aliphatic carbocycles. The van der Waals surface area contributed by atoms with Crippen LogP contribution in [0.1, 0.15) is 23.3 Å². The molecule has 2 heterocycles. The minimum atomic E-state index is 0.260. The van der Waals surface area contributed by atoms with E-state index in [1.807, 2.05) is 42.5 Å². The minimum absolute atomic E-state index is 0.260. The van der Waals surface area contributed by atoms with Gasteiger partial charge in [-0.3, -0.25) is 0 Å². The molecule has 7 heteroatoms. The second kappa shape index (κ2) is 7.43. The van der Waals surface area contributed by atoms with Crippen molar-refractivity contribution in [3.05, 3.63) is 77.1 Å². The van der Waals surface area contributed by atoms with Gasteiger partial charge in [-0.2, -0.15) is 0 Å². The van der Waals surface area contributed by atoms with Crippen molar-refractivity contribution in [3.8, 4) is 0 Å². The summed E-state index contributed by atoms with van der Waals surface area (Å²) >= 11 is 7.61. The lowest BCUT2D eigenvalue weighted by atomic mass is 10.2. The molecule has 0 amide bonds. The van der Waals surface area contributed by atoms with Crippen LogP contribution in [0.4, 0.5) is 0 Å². The van der Waals surface area contributed by atoms with Crippen molar-refractivity contribution in [1.82, 2.24) is 25.0 Å². The Labute approximate surface area is 160 Å². The third-order valence-corrected chi connectivity index (χ3v) is 5.47. The van der Waals surface area contributed by atoms with E-state index in [0.29, 0.717) is 11.6 Å². The monoisotopic (exact) mass is 381 g/mol. The molecule has 2 aromatic carbocycles. The van der Waals surface area contributed by atoms with Crippen molar-refractivity contribution in [2.24, 2.45) is 0 Å². The molecule has 0 spiro atoms. The average molecular weight is 382 g/mol. The maximum Gasteiger partial charge on any atom is 0.183 e. The second-order valence-corrected chi connectivity index (χ2v) is 7.66. The Morgan fingerprint density at radius 3 is 2.58 bits per heavy atom. The number of thioether (sulfide) groups is 1. The number of benzene rings is 2. The SMILES string of the molecule is C[C@H](Sc1ncnc2c1nnn2Cc1ccc(Cl)cc1)c1ccccc1. The van der Waals surface area contributed by atoms with E-state index in [4.69, 9.17) is 11.6 Å². The highest BCUT2D eigenvalue weighted by Crippen LogP contribution is 2.35. The summed E-state index contributed by atoms with van der Waals surface area (Å²) in [6, 6.07) is 18.0. The highest BCUT2D eigenvalue weighted by molar-refractivity contribution is 7.99. The molecule has 0 bridgehead atoms. The Bertz CT molecular complexity index is 1020. The van der Waals surface area contributed by atoms with Crippen molar-refractivity contribution in [1.29, 1.82) is 0 Å². The van der Waals surface area contributed by atoms with E-state index in [1.54, 1.807) is 22.8 Å². The lowest BCUT2D eigenvalue weighted by Gasteiger charge is -2.10. The molecule has 0 aliphatic rings. The van der Waals surface area contributed by atoms with Crippen LogP contribution in [-0.4, -0.2) is 25.0 Å². The standard InChI is InChI=1S/C19H16ClN5S/c1-13(15-5-3-2-4-6-15)26-19-17-18(21-12-22-19)25(24-23-17)11-14-7-9-16(20)10-8-14/h2-10,12-13H,11H2,1H3/t13-/m0/s1. The van der Waals surface area contributed by atoms with Gasteiger partial charge in [0.05, 0.1) is 6.54 Å². The summed E-state index contributed by atoms with van der Waals surface area (Å²) in [6.07, 6.45) is 1.57. The van der Waals surface area contributed by atoms with Crippen LogP contribution in [0.5, 0.6) is 0 Å². The summed E-state index contributed by atoms with van der Waals surface area (Å²) in [7, 11) is 0. The predicted octanol–water partition coefficient (Wildman–Crippen LogP) is 4.78. The van der Waals surface area contributed by atoms with Crippen LogP contribution in [0.2, 0.25) is 5.02 Å². The fraction of sp³-hybridized carbons (Fsp3) is 0.158. The van der Waals surface area contributed by atoms with Crippen LogP contribution < -0.4 is 0 Å². The van der Waals surface area contributed by atoms with Gasteiger partial charge in [0.15, 0.2) is 11.2 Å². The first kappa shape index (κ1) is 17.0. The van der Waals surface area contributed by atoms with Gasteiger partial charge in [0.25, 0.3) is 0 Å². The predicted molar refractivity (Wildman–Crippen MR) is 104 cm³/mol. The van der Waals surface area contributed by atoms with Crippen LogP contribution >= 0.6 is 23.4 Å². The fourth-order valence-electron chi connectivity index (χ4n) is 2.69. The van der Waals surface area contributed by atoms with Gasteiger partial charge in [0.1, 0.15) is 11.4 Å². The number of hydrogen-bond acceptors (Lipinski definition) is 5. The first-order valence-corrected chi connectivity index (χ1v) is 9.47. The van der Waals surface area contributed by atoms with E-state index < -0.39 is 0 Å². The fourth-order valence-corrected chi connectivity index (χ4v) is 3.79. The van der Waals surface area contributed by atoms with Crippen molar-refractivity contribution >= 4 is 34.5 Å². The summed E-state index contributed by atoms with van der Waals surface area (Å²) in [6.45, 7) is 2.75. The van der Waals surface area contributed by atoms with Crippen molar-refractivity contribution in [3.63, 3.8) is 0 Å². The third kappa shape index (κ3) is 3.57. The molecule has 4 rings (SSSR count). The van der Waals surface area contributed by atoms with E-state index >= 15 is 0 Å². The smallest absolute Gasteiger partial charge is 0.183 e. The summed E-state index contributed by atoms with van der Waals surface area (Å²) in [5.41, 5.74) is 3.80. The van der Waals surface area contributed by atoms with E-state index in [2.05, 4.69) is 39.3 Å². The van der Waals surface area contributed by atoms with Crippen LogP contribution in [0.25, 0.3) is 11.2 Å². The normalized spacial score (nSPS) is 12.4. The molecule has 0 aliphatic heterocycles. The molecule has 4 aromatic rings. The molecular formula is C19H16ClN5S. The highest BCUT2D eigenvalue weighted by atomic mass is 35.5. The summed E-state index contributed by atoms with van der Waals surface area (Å²) in [5, 5.41) is 10.4. The van der Waals surface area contributed by atoms with Gasteiger partial charge < -0.3 is 0 Å². The van der Waals surface area contributed by atoms with Crippen LogP contribution in [-0.2, 0) is 6.54 Å². The molecule has 26 heavy (non-hydrogen) atoms. The minimum Gasteiger partial charge on any atom is -0.227 e. The first-order chi connectivity index (χ1) is 12.7. The van der Waals surface area contributed by atoms with Gasteiger partial charge >= 0.3 is 0 Å². The molecule has 2 aromatic heterocycles. The van der Waals surface area contributed by atoms with Crippen LogP contribution in [0.3, 0.4) is 0 Å². The van der Waals surface area contributed by atoms with Crippen LogP contribution in [0.15, 0.2) is 66.0 Å². The van der Waals surface area contributed by atoms with Gasteiger partial charge in [-0.1, -0.05) is 71.0 Å². The molecule has 0 saturated carbocycles. The third-order valence-electron chi connectivity index (χ3n) is 4.07. The molecule has 0 radical (unpaired) electrons. The molecule has 130 valence electrons. The summed E-state index contributed by atoms with van der Waals surface area (Å²) in [5.74, 6) is 0. The Morgan fingerprint density at radius 2 is 1.81 bits per heavy atom. The first-order valence-electron chi connectivity index (χ1n) is 8.21. The van der Waals surface area contributed by atoms with Gasteiger partial charge in [-0.05, 0) is 30.2 Å². The topological polar surface area (TPSA) is 56.5 Å². The van der Waals surface area contributed by atoms with Crippen molar-refractivity contribution < 1.29 is 0 Å². The number of nitrogens with zero attached hydrogens (tertiary/aromatic N) is 5. The van der Waals surface area contributed by atoms with E-state index in [0.717, 1.165) is 21.8 Å². The quantitative estimate of drug-likeness (QED) is 0.368. The molecule has 5 nitrogen and oxygen atoms in total. The lowest BCUT2D eigenvalue weighted by molar-refractivity contribution is 0.664.